The van der Waals surface area contributed by atoms with Gasteiger partial charge in [0.2, 0.25) is 11.8 Å². The molecule has 0 aromatic heterocycles. The Morgan fingerprint density at radius 3 is 2.04 bits per heavy atom. The molecular formula is C22H34N2O2. The van der Waals surface area contributed by atoms with Crippen LogP contribution in [0.25, 0.3) is 0 Å². The van der Waals surface area contributed by atoms with Gasteiger partial charge >= 0.3 is 0 Å². The Kier molecular flexibility index (Phi) is 4.09. The predicted molar refractivity (Wildman–Crippen MR) is 99.9 cm³/mol. The first-order valence-corrected chi connectivity index (χ1v) is 11.1. The van der Waals surface area contributed by atoms with Crippen LogP contribution in [0, 0.1) is 40.9 Å². The smallest absolute Gasteiger partial charge is 0.221 e. The molecule has 4 bridgehead atoms. The molecule has 6 saturated carbocycles. The molecule has 6 aliphatic rings. The van der Waals surface area contributed by atoms with Gasteiger partial charge < -0.3 is 11.1 Å². The topological polar surface area (TPSA) is 72.2 Å². The van der Waals surface area contributed by atoms with Crippen molar-refractivity contribution >= 4 is 11.8 Å². The van der Waals surface area contributed by atoms with Gasteiger partial charge in [-0.25, -0.2) is 0 Å². The molecule has 26 heavy (non-hydrogen) atoms. The standard InChI is InChI=1S/C22H34N2O2/c23-21(26)20(19-15-8-13-7-14(10-15)11-16(19)9-13)22(5-1-2-6-22)12-18(25)24-17-3-4-17/h13-17,19-20H,1-12H2,(H2,23,26)(H,24,25). The zero-order chi connectivity index (χ0) is 17.9. The van der Waals surface area contributed by atoms with Gasteiger partial charge in [0, 0.05) is 18.4 Å². The Morgan fingerprint density at radius 2 is 1.54 bits per heavy atom. The molecule has 6 rings (SSSR count). The maximum absolute atomic E-state index is 12.8. The van der Waals surface area contributed by atoms with Crippen molar-refractivity contribution in [2.45, 2.75) is 83.1 Å². The van der Waals surface area contributed by atoms with E-state index in [0.29, 0.717) is 30.2 Å². The van der Waals surface area contributed by atoms with Crippen LogP contribution in [0.4, 0.5) is 0 Å². The summed E-state index contributed by atoms with van der Waals surface area (Å²) in [6.07, 6.45) is 13.8. The molecule has 6 aliphatic carbocycles. The fraction of sp³-hybridized carbons (Fsp3) is 0.909. The maximum Gasteiger partial charge on any atom is 0.221 e. The number of primary amides is 1. The van der Waals surface area contributed by atoms with E-state index in [1.165, 1.54) is 32.1 Å². The Labute approximate surface area is 157 Å². The summed E-state index contributed by atoms with van der Waals surface area (Å²) in [6, 6.07) is 0.397. The molecule has 0 radical (unpaired) electrons. The van der Waals surface area contributed by atoms with E-state index in [2.05, 4.69) is 5.32 Å². The zero-order valence-corrected chi connectivity index (χ0v) is 15.9. The lowest BCUT2D eigenvalue weighted by molar-refractivity contribution is -0.145. The van der Waals surface area contributed by atoms with Crippen molar-refractivity contribution in [3.05, 3.63) is 0 Å². The average molecular weight is 359 g/mol. The van der Waals surface area contributed by atoms with Crippen LogP contribution in [-0.4, -0.2) is 17.9 Å². The number of hydrogen-bond acceptors (Lipinski definition) is 2. The second-order valence-corrected chi connectivity index (χ2v) is 10.5. The van der Waals surface area contributed by atoms with E-state index in [0.717, 1.165) is 50.4 Å². The van der Waals surface area contributed by atoms with Crippen molar-refractivity contribution in [3.63, 3.8) is 0 Å². The van der Waals surface area contributed by atoms with E-state index >= 15 is 0 Å². The van der Waals surface area contributed by atoms with E-state index in [1.54, 1.807) is 0 Å². The van der Waals surface area contributed by atoms with E-state index in [9.17, 15) is 9.59 Å². The van der Waals surface area contributed by atoms with E-state index in [-0.39, 0.29) is 23.1 Å². The van der Waals surface area contributed by atoms with Gasteiger partial charge in [0.05, 0.1) is 0 Å². The quantitative estimate of drug-likeness (QED) is 0.764. The molecule has 0 aliphatic heterocycles. The van der Waals surface area contributed by atoms with Gasteiger partial charge in [-0.2, -0.15) is 0 Å². The van der Waals surface area contributed by atoms with Gasteiger partial charge in [-0.1, -0.05) is 12.8 Å². The lowest BCUT2D eigenvalue weighted by Gasteiger charge is -2.58. The number of amides is 2. The van der Waals surface area contributed by atoms with Crippen molar-refractivity contribution in [2.24, 2.45) is 46.7 Å². The third kappa shape index (κ3) is 2.88. The molecule has 2 amide bonds. The average Bonchev–Trinajstić information content (AvgIpc) is 3.25. The summed E-state index contributed by atoms with van der Waals surface area (Å²) in [7, 11) is 0. The Morgan fingerprint density at radius 1 is 0.962 bits per heavy atom. The second kappa shape index (κ2) is 6.24. The molecule has 4 nitrogen and oxygen atoms in total. The van der Waals surface area contributed by atoms with Gasteiger partial charge in [-0.3, -0.25) is 9.59 Å². The summed E-state index contributed by atoms with van der Waals surface area (Å²) < 4.78 is 0. The third-order valence-electron chi connectivity index (χ3n) is 8.71. The molecule has 1 atom stereocenters. The highest BCUT2D eigenvalue weighted by Gasteiger charge is 2.57. The molecule has 6 fully saturated rings. The molecule has 1 unspecified atom stereocenters. The number of nitrogens with one attached hydrogen (secondary N) is 1. The summed E-state index contributed by atoms with van der Waals surface area (Å²) in [5.74, 6) is 3.62. The number of hydrogen-bond donors (Lipinski definition) is 2. The highest BCUT2D eigenvalue weighted by molar-refractivity contribution is 5.82. The highest BCUT2D eigenvalue weighted by atomic mass is 16.2. The number of nitrogens with two attached hydrogens (primary N) is 1. The predicted octanol–water partition coefficient (Wildman–Crippen LogP) is 3.39. The van der Waals surface area contributed by atoms with E-state index in [1.807, 2.05) is 0 Å². The molecule has 0 spiro atoms. The third-order valence-corrected chi connectivity index (χ3v) is 8.71. The molecule has 0 aromatic rings. The van der Waals surface area contributed by atoms with Gasteiger partial charge in [0.25, 0.3) is 0 Å². The largest absolute Gasteiger partial charge is 0.369 e. The second-order valence-electron chi connectivity index (χ2n) is 10.5. The van der Waals surface area contributed by atoms with E-state index < -0.39 is 0 Å². The van der Waals surface area contributed by atoms with Gasteiger partial charge in [-0.15, -0.1) is 0 Å². The lowest BCUT2D eigenvalue weighted by atomic mass is 9.46. The van der Waals surface area contributed by atoms with Crippen LogP contribution >= 0.6 is 0 Å². The first-order chi connectivity index (χ1) is 12.5. The molecule has 144 valence electrons. The van der Waals surface area contributed by atoms with Crippen molar-refractivity contribution in [2.75, 3.05) is 0 Å². The minimum Gasteiger partial charge on any atom is -0.369 e. The molecular weight excluding hydrogens is 324 g/mol. The van der Waals surface area contributed by atoms with Crippen LogP contribution in [0.5, 0.6) is 0 Å². The Bertz CT molecular complexity index is 563. The minimum absolute atomic E-state index is 0.0787. The van der Waals surface area contributed by atoms with Crippen LogP contribution in [0.1, 0.15) is 77.0 Å². The molecule has 0 aromatic carbocycles. The first kappa shape index (κ1) is 17.1. The van der Waals surface area contributed by atoms with Gasteiger partial charge in [0.1, 0.15) is 0 Å². The summed E-state index contributed by atoms with van der Waals surface area (Å²) in [5, 5.41) is 3.18. The van der Waals surface area contributed by atoms with Crippen LogP contribution in [0.2, 0.25) is 0 Å². The van der Waals surface area contributed by atoms with Crippen LogP contribution in [0.3, 0.4) is 0 Å². The fourth-order valence-corrected chi connectivity index (χ4v) is 7.91. The number of rotatable bonds is 6. The van der Waals surface area contributed by atoms with Crippen molar-refractivity contribution in [3.8, 4) is 0 Å². The summed E-state index contributed by atoms with van der Waals surface area (Å²) >= 11 is 0. The normalized spacial score (nSPS) is 41.2. The van der Waals surface area contributed by atoms with Gasteiger partial charge in [-0.05, 0) is 92.8 Å². The van der Waals surface area contributed by atoms with Crippen molar-refractivity contribution in [1.29, 1.82) is 0 Å². The van der Waals surface area contributed by atoms with Crippen molar-refractivity contribution < 1.29 is 9.59 Å². The monoisotopic (exact) mass is 358 g/mol. The molecule has 0 heterocycles. The molecule has 4 heteroatoms. The molecule has 0 saturated heterocycles. The summed E-state index contributed by atoms with van der Waals surface area (Å²) in [4.78, 5) is 25.5. The fourth-order valence-electron chi connectivity index (χ4n) is 7.91. The first-order valence-electron chi connectivity index (χ1n) is 11.1. The summed E-state index contributed by atoms with van der Waals surface area (Å²) in [6.45, 7) is 0. The number of carbonyl (C=O) groups excluding carboxylic acids is 2. The zero-order valence-electron chi connectivity index (χ0n) is 15.9. The molecule has 3 N–H and O–H groups in total. The minimum atomic E-state index is -0.162. The number of carbonyl (C=O) groups is 2. The SMILES string of the molecule is NC(=O)C(C1C2CC3CC(C2)CC1C3)C1(CC(=O)NC2CC2)CCCC1. The Balaban J connectivity index is 1.42. The van der Waals surface area contributed by atoms with Crippen LogP contribution in [0.15, 0.2) is 0 Å². The maximum atomic E-state index is 12.8. The van der Waals surface area contributed by atoms with E-state index in [4.69, 9.17) is 5.73 Å². The van der Waals surface area contributed by atoms with Crippen LogP contribution in [-0.2, 0) is 9.59 Å². The van der Waals surface area contributed by atoms with Crippen molar-refractivity contribution in [1.82, 2.24) is 5.32 Å². The highest BCUT2D eigenvalue weighted by Crippen LogP contribution is 2.62. The van der Waals surface area contributed by atoms with Crippen LogP contribution < -0.4 is 11.1 Å². The lowest BCUT2D eigenvalue weighted by Crippen LogP contribution is -2.55. The summed E-state index contributed by atoms with van der Waals surface area (Å²) in [5.41, 5.74) is 5.94. The van der Waals surface area contributed by atoms with Gasteiger partial charge in [0.15, 0.2) is 0 Å². The Hall–Kier alpha value is -1.06.